The molecule has 195 valence electrons. The highest BCUT2D eigenvalue weighted by molar-refractivity contribution is 6.30. The summed E-state index contributed by atoms with van der Waals surface area (Å²) in [5.41, 5.74) is 4.46. The smallest absolute Gasteiger partial charge is 0.368 e. The number of urea groups is 1. The number of nitrogens with zero attached hydrogens (tertiary/aromatic N) is 4. The first kappa shape index (κ1) is 26.4. The molecule has 0 bridgehead atoms. The van der Waals surface area contributed by atoms with Crippen molar-refractivity contribution in [1.82, 2.24) is 19.7 Å². The molecule has 2 aliphatic heterocycles. The third-order valence-corrected chi connectivity index (χ3v) is 6.63. The SMILES string of the molecule is NC(=O)C1N(C(=O)[CH]Cc2ccc(Cl)cc2)CCN2C(=O)N(CC(F)(F)F)C(=O)[C@@]12Cc1ccccn1. The summed E-state index contributed by atoms with van der Waals surface area (Å²) >= 11 is 5.88. The number of halogens is 4. The van der Waals surface area contributed by atoms with Crippen LogP contribution in [0, 0.1) is 6.42 Å². The molecule has 4 rings (SSSR count). The highest BCUT2D eigenvalue weighted by atomic mass is 35.5. The van der Waals surface area contributed by atoms with E-state index in [2.05, 4.69) is 4.98 Å². The summed E-state index contributed by atoms with van der Waals surface area (Å²) in [6.07, 6.45) is -2.46. The van der Waals surface area contributed by atoms with Crippen molar-refractivity contribution < 1.29 is 32.3 Å². The first-order valence-electron chi connectivity index (χ1n) is 11.2. The molecule has 2 fully saturated rings. The molecule has 2 atom stereocenters. The molecule has 9 nitrogen and oxygen atoms in total. The van der Waals surface area contributed by atoms with Crippen LogP contribution in [0.4, 0.5) is 18.0 Å². The van der Waals surface area contributed by atoms with Crippen molar-refractivity contribution in [3.05, 3.63) is 71.4 Å². The molecule has 5 amide bonds. The maximum absolute atomic E-state index is 13.6. The Morgan fingerprint density at radius 1 is 1.14 bits per heavy atom. The van der Waals surface area contributed by atoms with E-state index >= 15 is 0 Å². The number of amides is 5. The number of imide groups is 1. The van der Waals surface area contributed by atoms with Crippen LogP contribution in [-0.2, 0) is 27.2 Å². The quantitative estimate of drug-likeness (QED) is 0.543. The van der Waals surface area contributed by atoms with E-state index in [0.717, 1.165) is 15.4 Å². The van der Waals surface area contributed by atoms with Gasteiger partial charge >= 0.3 is 12.2 Å². The Morgan fingerprint density at radius 2 is 1.84 bits per heavy atom. The molecular weight excluding hydrogens is 515 g/mol. The first-order chi connectivity index (χ1) is 17.4. The summed E-state index contributed by atoms with van der Waals surface area (Å²) in [7, 11) is 0. The van der Waals surface area contributed by atoms with E-state index in [4.69, 9.17) is 17.3 Å². The Bertz CT molecular complexity index is 1210. The summed E-state index contributed by atoms with van der Waals surface area (Å²) in [6.45, 7) is -2.34. The number of piperazine rings is 1. The predicted octanol–water partition coefficient (Wildman–Crippen LogP) is 1.99. The van der Waals surface area contributed by atoms with Gasteiger partial charge in [-0.1, -0.05) is 29.8 Å². The molecule has 0 saturated carbocycles. The van der Waals surface area contributed by atoms with Crippen LogP contribution < -0.4 is 5.73 Å². The maximum Gasteiger partial charge on any atom is 0.406 e. The van der Waals surface area contributed by atoms with Gasteiger partial charge in [-0.05, 0) is 36.2 Å². The zero-order valence-corrected chi connectivity index (χ0v) is 20.1. The molecule has 13 heteroatoms. The summed E-state index contributed by atoms with van der Waals surface area (Å²) < 4.78 is 39.9. The molecular formula is C24H22ClF3N5O4. The monoisotopic (exact) mass is 536 g/mol. The van der Waals surface area contributed by atoms with E-state index in [1.165, 1.54) is 18.7 Å². The molecule has 2 aromatic rings. The fourth-order valence-electron chi connectivity index (χ4n) is 4.84. The number of pyridine rings is 1. The van der Waals surface area contributed by atoms with Gasteiger partial charge in [-0.15, -0.1) is 0 Å². The minimum absolute atomic E-state index is 0.0598. The largest absolute Gasteiger partial charge is 0.406 e. The number of rotatable bonds is 7. The van der Waals surface area contributed by atoms with E-state index in [1.807, 2.05) is 0 Å². The number of nitrogens with two attached hydrogens (primary N) is 1. The van der Waals surface area contributed by atoms with Crippen LogP contribution in [0.2, 0.25) is 5.02 Å². The van der Waals surface area contributed by atoms with Crippen molar-refractivity contribution in [2.24, 2.45) is 5.73 Å². The average Bonchev–Trinajstić information content (AvgIpc) is 3.03. The van der Waals surface area contributed by atoms with Gasteiger partial charge in [0.2, 0.25) is 11.8 Å². The lowest BCUT2D eigenvalue weighted by Gasteiger charge is -2.49. The van der Waals surface area contributed by atoms with Gasteiger partial charge in [0.25, 0.3) is 5.91 Å². The van der Waals surface area contributed by atoms with Crippen molar-refractivity contribution in [2.45, 2.75) is 30.6 Å². The topological polar surface area (TPSA) is 117 Å². The number of carbonyl (C=O) groups excluding carboxylic acids is 4. The van der Waals surface area contributed by atoms with Crippen LogP contribution in [0.3, 0.4) is 0 Å². The Kier molecular flexibility index (Phi) is 7.13. The van der Waals surface area contributed by atoms with Gasteiger partial charge < -0.3 is 15.5 Å². The number of alkyl halides is 3. The third kappa shape index (κ3) is 5.10. The van der Waals surface area contributed by atoms with Crippen molar-refractivity contribution in [1.29, 1.82) is 0 Å². The molecule has 2 aliphatic rings. The molecule has 3 heterocycles. The molecule has 2 saturated heterocycles. The van der Waals surface area contributed by atoms with Crippen molar-refractivity contribution in [2.75, 3.05) is 19.6 Å². The van der Waals surface area contributed by atoms with Crippen LogP contribution in [0.5, 0.6) is 0 Å². The van der Waals surface area contributed by atoms with Crippen LogP contribution in [0.1, 0.15) is 11.3 Å². The minimum atomic E-state index is -4.88. The summed E-state index contributed by atoms with van der Waals surface area (Å²) in [6, 6.07) is 8.42. The molecule has 2 N–H and O–H groups in total. The lowest BCUT2D eigenvalue weighted by Crippen LogP contribution is -2.74. The lowest BCUT2D eigenvalue weighted by atomic mass is 9.79. The van der Waals surface area contributed by atoms with Crippen LogP contribution >= 0.6 is 11.6 Å². The van der Waals surface area contributed by atoms with Crippen molar-refractivity contribution >= 4 is 35.4 Å². The Hall–Kier alpha value is -3.67. The average molecular weight is 537 g/mol. The lowest BCUT2D eigenvalue weighted by molar-refractivity contribution is -0.161. The van der Waals surface area contributed by atoms with E-state index in [1.54, 1.807) is 36.4 Å². The number of hydrogen-bond donors (Lipinski definition) is 1. The summed E-state index contributed by atoms with van der Waals surface area (Å²) in [5, 5.41) is 0.504. The van der Waals surface area contributed by atoms with E-state index < -0.39 is 54.5 Å². The summed E-state index contributed by atoms with van der Waals surface area (Å²) in [5.74, 6) is -3.06. The normalized spacial score (nSPS) is 21.8. The Labute approximate surface area is 215 Å². The molecule has 0 spiro atoms. The van der Waals surface area contributed by atoms with Gasteiger partial charge in [0.15, 0.2) is 5.54 Å². The number of primary amides is 1. The zero-order valence-electron chi connectivity index (χ0n) is 19.3. The van der Waals surface area contributed by atoms with Crippen LogP contribution in [0.15, 0.2) is 48.7 Å². The second kappa shape index (κ2) is 10.0. The number of aromatic nitrogens is 1. The second-order valence-corrected chi connectivity index (χ2v) is 9.17. The molecule has 1 radical (unpaired) electrons. The molecule has 1 unspecified atom stereocenters. The van der Waals surface area contributed by atoms with Gasteiger partial charge in [0.05, 0.1) is 6.42 Å². The van der Waals surface area contributed by atoms with E-state index in [0.29, 0.717) is 5.02 Å². The standard InChI is InChI=1S/C24H22ClF3N5O4/c25-16-7-4-15(5-8-16)6-9-18(34)31-11-12-33-22(37)32(14-24(26,27)28)21(36)23(33,19(31)20(29)35)13-17-3-1-2-10-30-17/h1-5,7-10,19H,6,11-14H2,(H2,29,35)/t19?,23-/m1/s1. The number of carbonyl (C=O) groups is 4. The van der Waals surface area contributed by atoms with E-state index in [-0.39, 0.29) is 30.1 Å². The Morgan fingerprint density at radius 3 is 2.43 bits per heavy atom. The fraction of sp³-hybridized carbons (Fsp3) is 0.333. The minimum Gasteiger partial charge on any atom is -0.368 e. The zero-order chi connectivity index (χ0) is 27.0. The molecule has 1 aromatic carbocycles. The highest BCUT2D eigenvalue weighted by Crippen LogP contribution is 2.40. The van der Waals surface area contributed by atoms with Crippen LogP contribution in [-0.4, -0.2) is 80.8 Å². The van der Waals surface area contributed by atoms with Gasteiger partial charge in [-0.3, -0.25) is 24.3 Å². The molecule has 0 aliphatic carbocycles. The third-order valence-electron chi connectivity index (χ3n) is 6.38. The number of hydrogen-bond acceptors (Lipinski definition) is 5. The first-order valence-corrected chi connectivity index (χ1v) is 11.6. The van der Waals surface area contributed by atoms with Gasteiger partial charge in [0.1, 0.15) is 12.6 Å². The molecule has 1 aromatic heterocycles. The van der Waals surface area contributed by atoms with Gasteiger partial charge in [-0.25, -0.2) is 4.79 Å². The predicted molar refractivity (Wildman–Crippen MR) is 125 cm³/mol. The fourth-order valence-corrected chi connectivity index (χ4v) is 4.97. The second-order valence-electron chi connectivity index (χ2n) is 8.73. The molecule has 37 heavy (non-hydrogen) atoms. The highest BCUT2D eigenvalue weighted by Gasteiger charge is 2.67. The summed E-state index contributed by atoms with van der Waals surface area (Å²) in [4.78, 5) is 58.9. The van der Waals surface area contributed by atoms with Gasteiger partial charge in [-0.2, -0.15) is 13.2 Å². The number of benzene rings is 1. The number of fused-ring (bicyclic) bond motifs is 1. The van der Waals surface area contributed by atoms with Gasteiger partial charge in [0, 0.05) is 36.4 Å². The van der Waals surface area contributed by atoms with E-state index in [9.17, 15) is 32.3 Å². The van der Waals surface area contributed by atoms with Crippen LogP contribution in [0.25, 0.3) is 0 Å². The Balaban J connectivity index is 1.72. The maximum atomic E-state index is 13.6. The van der Waals surface area contributed by atoms with Crippen molar-refractivity contribution in [3.63, 3.8) is 0 Å². The van der Waals surface area contributed by atoms with Crippen molar-refractivity contribution in [3.8, 4) is 0 Å².